The Hall–Kier alpha value is -2.51. The van der Waals surface area contributed by atoms with Crippen LogP contribution >= 0.6 is 22.7 Å². The topological polar surface area (TPSA) is 49.4 Å². The fourth-order valence-electron chi connectivity index (χ4n) is 4.21. The highest BCUT2D eigenvalue weighted by Gasteiger charge is 2.33. The van der Waals surface area contributed by atoms with Crippen molar-refractivity contribution in [3.63, 3.8) is 0 Å². The maximum Gasteiger partial charge on any atom is 0.247 e. The van der Waals surface area contributed by atoms with Crippen LogP contribution in [0.2, 0.25) is 0 Å². The average molecular weight is 471 g/mol. The number of nitrogens with zero attached hydrogens (tertiary/aromatic N) is 1. The highest BCUT2D eigenvalue weighted by atomic mass is 32.1. The van der Waals surface area contributed by atoms with Gasteiger partial charge < -0.3 is 10.2 Å². The minimum Gasteiger partial charge on any atom is -0.351 e. The second-order valence-electron chi connectivity index (χ2n) is 8.21. The van der Waals surface area contributed by atoms with Gasteiger partial charge in [-0.15, -0.1) is 11.3 Å². The number of hydrogen-bond donors (Lipinski definition) is 1. The van der Waals surface area contributed by atoms with Crippen LogP contribution in [0.1, 0.15) is 54.1 Å². The van der Waals surface area contributed by atoms with Gasteiger partial charge in [0.1, 0.15) is 11.9 Å². The number of halogens is 1. The van der Waals surface area contributed by atoms with Crippen molar-refractivity contribution in [3.05, 3.63) is 80.4 Å². The molecule has 32 heavy (non-hydrogen) atoms. The molecular formula is C25H27FN2O2S2. The molecule has 0 saturated heterocycles. The molecule has 3 aromatic rings. The first kappa shape index (κ1) is 22.7. The number of carbonyl (C=O) groups is 2. The Morgan fingerprint density at radius 2 is 1.84 bits per heavy atom. The fraction of sp³-hybridized carbons (Fsp3) is 0.360. The van der Waals surface area contributed by atoms with Crippen LogP contribution in [-0.4, -0.2) is 22.8 Å². The van der Waals surface area contributed by atoms with Crippen LogP contribution in [0.25, 0.3) is 0 Å². The highest BCUT2D eigenvalue weighted by molar-refractivity contribution is 7.09. The monoisotopic (exact) mass is 470 g/mol. The van der Waals surface area contributed by atoms with Crippen molar-refractivity contribution in [3.8, 4) is 0 Å². The third kappa shape index (κ3) is 5.84. The van der Waals surface area contributed by atoms with E-state index in [0.717, 1.165) is 36.1 Å². The summed E-state index contributed by atoms with van der Waals surface area (Å²) in [6, 6.07) is 11.1. The molecular weight excluding hydrogens is 443 g/mol. The van der Waals surface area contributed by atoms with E-state index in [4.69, 9.17) is 0 Å². The molecule has 1 atom stereocenters. The summed E-state index contributed by atoms with van der Waals surface area (Å²) in [5, 5.41) is 9.05. The third-order valence-electron chi connectivity index (χ3n) is 5.86. The zero-order valence-corrected chi connectivity index (χ0v) is 19.5. The summed E-state index contributed by atoms with van der Waals surface area (Å²) < 4.78 is 13.7. The largest absolute Gasteiger partial charge is 0.351 e. The molecule has 1 fully saturated rings. The van der Waals surface area contributed by atoms with Gasteiger partial charge in [0.2, 0.25) is 11.8 Å². The van der Waals surface area contributed by atoms with Crippen molar-refractivity contribution in [2.75, 3.05) is 0 Å². The standard InChI is InChI=1S/C25H27FN2O2S2/c26-20-10-8-19(9-11-20)24(25(30)27-21-5-2-1-3-6-21)28(16-22-7-4-13-32-22)23(29)15-18-12-14-31-17-18/h4,7-14,17,21,24H,1-3,5-6,15-16H2,(H,27,30). The van der Waals surface area contributed by atoms with Crippen LogP contribution in [0.4, 0.5) is 4.39 Å². The van der Waals surface area contributed by atoms with Crippen molar-refractivity contribution >= 4 is 34.5 Å². The molecule has 0 spiro atoms. The van der Waals surface area contributed by atoms with Gasteiger partial charge in [-0.05, 0) is 64.4 Å². The maximum absolute atomic E-state index is 13.7. The molecule has 0 aliphatic heterocycles. The lowest BCUT2D eigenvalue weighted by molar-refractivity contribution is -0.141. The third-order valence-corrected chi connectivity index (χ3v) is 7.45. The minimum absolute atomic E-state index is 0.120. The van der Waals surface area contributed by atoms with Crippen LogP contribution in [0, 0.1) is 5.82 Å². The van der Waals surface area contributed by atoms with E-state index < -0.39 is 6.04 Å². The van der Waals surface area contributed by atoms with Crippen molar-refractivity contribution in [1.29, 1.82) is 0 Å². The van der Waals surface area contributed by atoms with Crippen molar-refractivity contribution in [2.45, 2.75) is 57.2 Å². The first-order chi connectivity index (χ1) is 15.6. The van der Waals surface area contributed by atoms with E-state index in [1.165, 1.54) is 18.6 Å². The lowest BCUT2D eigenvalue weighted by atomic mass is 9.94. The van der Waals surface area contributed by atoms with Crippen LogP contribution < -0.4 is 5.32 Å². The summed E-state index contributed by atoms with van der Waals surface area (Å²) in [7, 11) is 0. The lowest BCUT2D eigenvalue weighted by Gasteiger charge is -2.33. The summed E-state index contributed by atoms with van der Waals surface area (Å²) >= 11 is 3.10. The van der Waals surface area contributed by atoms with E-state index in [0.29, 0.717) is 12.1 Å². The van der Waals surface area contributed by atoms with Gasteiger partial charge >= 0.3 is 0 Å². The molecule has 168 valence electrons. The predicted octanol–water partition coefficient (Wildman–Crippen LogP) is 5.71. The summed E-state index contributed by atoms with van der Waals surface area (Å²) in [5.74, 6) is -0.682. The lowest BCUT2D eigenvalue weighted by Crippen LogP contribution is -2.47. The van der Waals surface area contributed by atoms with Gasteiger partial charge in [-0.2, -0.15) is 11.3 Å². The first-order valence-electron chi connectivity index (χ1n) is 11.0. The smallest absolute Gasteiger partial charge is 0.247 e. The Labute approximate surface area is 196 Å². The van der Waals surface area contributed by atoms with Gasteiger partial charge in [0.25, 0.3) is 0 Å². The molecule has 4 rings (SSSR count). The highest BCUT2D eigenvalue weighted by Crippen LogP contribution is 2.28. The molecule has 2 amide bonds. The Kier molecular flexibility index (Phi) is 7.71. The Bertz CT molecular complexity index is 997. The summed E-state index contributed by atoms with van der Waals surface area (Å²) in [4.78, 5) is 29.7. The van der Waals surface area contributed by atoms with E-state index >= 15 is 0 Å². The molecule has 2 aromatic heterocycles. The molecule has 0 radical (unpaired) electrons. The van der Waals surface area contributed by atoms with Crippen LogP contribution in [0.3, 0.4) is 0 Å². The molecule has 4 nitrogen and oxygen atoms in total. The second-order valence-corrected chi connectivity index (χ2v) is 10.0. The van der Waals surface area contributed by atoms with Crippen molar-refractivity contribution < 1.29 is 14.0 Å². The number of hydrogen-bond acceptors (Lipinski definition) is 4. The van der Waals surface area contributed by atoms with Gasteiger partial charge in [0.05, 0.1) is 13.0 Å². The zero-order valence-electron chi connectivity index (χ0n) is 17.8. The SMILES string of the molecule is O=C(NC1CCCCC1)C(c1ccc(F)cc1)N(Cc1cccs1)C(=O)Cc1ccsc1. The summed E-state index contributed by atoms with van der Waals surface area (Å²) in [6.45, 7) is 0.334. The summed E-state index contributed by atoms with van der Waals surface area (Å²) in [6.07, 6.45) is 5.52. The first-order valence-corrected chi connectivity index (χ1v) is 12.8. The molecule has 1 aromatic carbocycles. The molecule has 1 N–H and O–H groups in total. The van der Waals surface area contributed by atoms with Crippen LogP contribution in [0.15, 0.2) is 58.6 Å². The number of nitrogens with one attached hydrogen (secondary N) is 1. The van der Waals surface area contributed by atoms with Gasteiger partial charge in [0, 0.05) is 10.9 Å². The van der Waals surface area contributed by atoms with E-state index in [-0.39, 0.29) is 30.1 Å². The molecule has 1 saturated carbocycles. The number of benzene rings is 1. The normalized spacial score (nSPS) is 15.3. The maximum atomic E-state index is 13.7. The van der Waals surface area contributed by atoms with E-state index in [1.807, 2.05) is 34.3 Å². The van der Waals surface area contributed by atoms with Gasteiger partial charge in [0.15, 0.2) is 0 Å². The summed E-state index contributed by atoms with van der Waals surface area (Å²) in [5.41, 5.74) is 1.55. The average Bonchev–Trinajstić information content (AvgIpc) is 3.49. The second kappa shape index (κ2) is 10.9. The molecule has 7 heteroatoms. The molecule has 0 bridgehead atoms. The van der Waals surface area contributed by atoms with Crippen LogP contribution in [-0.2, 0) is 22.6 Å². The fourth-order valence-corrected chi connectivity index (χ4v) is 5.58. The quantitative estimate of drug-likeness (QED) is 0.458. The molecule has 1 unspecified atom stereocenters. The van der Waals surface area contributed by atoms with Gasteiger partial charge in [-0.25, -0.2) is 4.39 Å². The van der Waals surface area contributed by atoms with Gasteiger partial charge in [-0.1, -0.05) is 37.5 Å². The number of carbonyl (C=O) groups excluding carboxylic acids is 2. The van der Waals surface area contributed by atoms with Gasteiger partial charge in [-0.3, -0.25) is 9.59 Å². The molecule has 1 aliphatic rings. The van der Waals surface area contributed by atoms with Crippen molar-refractivity contribution in [2.24, 2.45) is 0 Å². The number of rotatable bonds is 8. The van der Waals surface area contributed by atoms with E-state index in [2.05, 4.69) is 5.32 Å². The Morgan fingerprint density at radius 1 is 1.06 bits per heavy atom. The molecule has 2 heterocycles. The van der Waals surface area contributed by atoms with Crippen LogP contribution in [0.5, 0.6) is 0 Å². The minimum atomic E-state index is -0.814. The number of thiophene rings is 2. The van der Waals surface area contributed by atoms with E-state index in [1.54, 1.807) is 39.7 Å². The number of amides is 2. The van der Waals surface area contributed by atoms with E-state index in [9.17, 15) is 14.0 Å². The zero-order chi connectivity index (χ0) is 22.3. The predicted molar refractivity (Wildman–Crippen MR) is 127 cm³/mol. The van der Waals surface area contributed by atoms with Crippen molar-refractivity contribution in [1.82, 2.24) is 10.2 Å². The Balaban J connectivity index is 1.66. The molecule has 1 aliphatic carbocycles. The Morgan fingerprint density at radius 3 is 2.50 bits per heavy atom.